The van der Waals surface area contributed by atoms with Crippen molar-refractivity contribution < 1.29 is 51.4 Å². The maximum absolute atomic E-state index is 14.3. The van der Waals surface area contributed by atoms with Gasteiger partial charge in [0.25, 0.3) is 0 Å². The lowest BCUT2D eigenvalue weighted by Gasteiger charge is -2.49. The van der Waals surface area contributed by atoms with Gasteiger partial charge in [-0.1, -0.05) is 23.3 Å². The molecule has 3 fully saturated rings. The molecule has 15 heteroatoms. The molecule has 0 aromatic heterocycles. The first-order valence-corrected chi connectivity index (χ1v) is 13.7. The first-order valence-electron chi connectivity index (χ1n) is 13.4. The number of imide groups is 4. The number of fused-ring (bicyclic) bond motifs is 4. The number of carbonyl (C=O) groups excluding carboxylic acids is 5. The molecule has 6 amide bonds. The smallest absolute Gasteiger partial charge is 0.508 e. The highest BCUT2D eigenvalue weighted by Gasteiger charge is 2.68. The molecule has 2 aromatic rings. The molecule has 2 saturated heterocycles. The summed E-state index contributed by atoms with van der Waals surface area (Å²) < 4.78 is 57.5. The number of nitrogens with zero attached hydrogens (tertiary/aromatic N) is 2. The quantitative estimate of drug-likeness (QED) is 0.289. The van der Waals surface area contributed by atoms with E-state index in [4.69, 9.17) is 17.3 Å². The molecule has 6 atom stereocenters. The average Bonchev–Trinajstić information content (AvgIpc) is 3.30. The SMILES string of the molecule is C[C@@]12C(=O)N(c3ccc(F)c(Cl)c3)C(=O)[C@@H]1C[C@@H]1C(=CC[C@@H]3C(=O)N(C(N)=O)C(=O)[C@@H]31)[C@@H]2c1cc(OC(F)(F)F)ccc1O. The molecule has 2 aliphatic heterocycles. The predicted molar refractivity (Wildman–Crippen MR) is 142 cm³/mol. The lowest BCUT2D eigenvalue weighted by Crippen LogP contribution is -2.49. The summed E-state index contributed by atoms with van der Waals surface area (Å²) in [6.07, 6.45) is -3.79. The van der Waals surface area contributed by atoms with Gasteiger partial charge in [0.1, 0.15) is 17.3 Å². The number of anilines is 1. The van der Waals surface area contributed by atoms with Crippen molar-refractivity contribution in [3.05, 3.63) is 64.5 Å². The molecule has 4 aliphatic rings. The maximum atomic E-state index is 14.3. The minimum atomic E-state index is -5.10. The van der Waals surface area contributed by atoms with Crippen LogP contribution in [-0.4, -0.2) is 46.0 Å². The number of ether oxygens (including phenoxy) is 1. The molecule has 44 heavy (non-hydrogen) atoms. The van der Waals surface area contributed by atoms with Crippen molar-refractivity contribution in [1.29, 1.82) is 0 Å². The van der Waals surface area contributed by atoms with Gasteiger partial charge in [0.2, 0.25) is 23.6 Å². The zero-order chi connectivity index (χ0) is 32.0. The van der Waals surface area contributed by atoms with Gasteiger partial charge in [-0.2, -0.15) is 4.90 Å². The number of allylic oxidation sites excluding steroid dienone is 2. The van der Waals surface area contributed by atoms with E-state index in [1.807, 2.05) is 0 Å². The van der Waals surface area contributed by atoms with Crippen molar-refractivity contribution in [2.45, 2.75) is 32.0 Å². The number of hydrogen-bond donors (Lipinski definition) is 2. The molecule has 2 aliphatic carbocycles. The van der Waals surface area contributed by atoms with Crippen LogP contribution in [0.15, 0.2) is 48.0 Å². The third kappa shape index (κ3) is 4.18. The topological polar surface area (TPSA) is 147 Å². The molecule has 0 spiro atoms. The van der Waals surface area contributed by atoms with Crippen LogP contribution in [-0.2, 0) is 19.2 Å². The number of alkyl halides is 3. The Kier molecular flexibility index (Phi) is 6.58. The minimum absolute atomic E-state index is 0.0685. The second-order valence-electron chi connectivity index (χ2n) is 11.4. The maximum Gasteiger partial charge on any atom is 0.573 e. The van der Waals surface area contributed by atoms with E-state index in [-0.39, 0.29) is 29.1 Å². The van der Waals surface area contributed by atoms with Gasteiger partial charge < -0.3 is 15.6 Å². The number of phenolic OH excluding ortho intramolecular Hbond substituents is 1. The van der Waals surface area contributed by atoms with Crippen LogP contribution in [0.2, 0.25) is 5.02 Å². The fourth-order valence-electron chi connectivity index (χ4n) is 7.41. The molecule has 10 nitrogen and oxygen atoms in total. The summed E-state index contributed by atoms with van der Waals surface area (Å²) in [7, 11) is 0. The summed E-state index contributed by atoms with van der Waals surface area (Å²) >= 11 is 5.94. The molecule has 2 heterocycles. The highest BCUT2D eigenvalue weighted by Crippen LogP contribution is 2.64. The lowest BCUT2D eigenvalue weighted by atomic mass is 9.51. The number of nitrogens with two attached hydrogens (primary N) is 1. The largest absolute Gasteiger partial charge is 0.573 e. The third-order valence-corrected chi connectivity index (χ3v) is 9.49. The van der Waals surface area contributed by atoms with Crippen molar-refractivity contribution in [3.63, 3.8) is 0 Å². The first-order chi connectivity index (χ1) is 20.6. The Balaban J connectivity index is 1.55. The number of rotatable bonds is 3. The molecule has 230 valence electrons. The molecule has 3 N–H and O–H groups in total. The highest BCUT2D eigenvalue weighted by atomic mass is 35.5. The Hall–Kier alpha value is -4.46. The normalized spacial score (nSPS) is 29.8. The van der Waals surface area contributed by atoms with Gasteiger partial charge in [-0.3, -0.25) is 19.2 Å². The molecule has 1 saturated carbocycles. The van der Waals surface area contributed by atoms with E-state index in [1.165, 1.54) is 6.92 Å². The van der Waals surface area contributed by atoms with E-state index in [1.54, 1.807) is 6.08 Å². The van der Waals surface area contributed by atoms with Gasteiger partial charge in [-0.05, 0) is 62.1 Å². The van der Waals surface area contributed by atoms with Gasteiger partial charge in [-0.15, -0.1) is 13.2 Å². The van der Waals surface area contributed by atoms with Crippen LogP contribution in [0, 0.1) is 34.9 Å². The lowest BCUT2D eigenvalue weighted by molar-refractivity contribution is -0.274. The number of halogens is 5. The van der Waals surface area contributed by atoms with Crippen molar-refractivity contribution in [2.75, 3.05) is 4.90 Å². The Labute approximate surface area is 251 Å². The Morgan fingerprint density at radius 3 is 2.41 bits per heavy atom. The van der Waals surface area contributed by atoms with Crippen LogP contribution in [0.1, 0.15) is 31.2 Å². The number of benzene rings is 2. The molecule has 6 rings (SSSR count). The monoisotopic (exact) mass is 635 g/mol. The number of urea groups is 1. The zero-order valence-corrected chi connectivity index (χ0v) is 23.4. The highest BCUT2D eigenvalue weighted by molar-refractivity contribution is 6.31. The summed E-state index contributed by atoms with van der Waals surface area (Å²) in [6, 6.07) is 4.63. The van der Waals surface area contributed by atoms with E-state index in [0.717, 1.165) is 41.3 Å². The number of phenols is 1. The molecular formula is C29H22ClF4N3O7. The summed E-state index contributed by atoms with van der Waals surface area (Å²) in [5.74, 6) is -11.0. The molecular weight excluding hydrogens is 614 g/mol. The summed E-state index contributed by atoms with van der Waals surface area (Å²) in [4.78, 5) is 67.9. The second-order valence-corrected chi connectivity index (χ2v) is 11.8. The third-order valence-electron chi connectivity index (χ3n) is 9.20. The van der Waals surface area contributed by atoms with Crippen molar-refractivity contribution in [2.24, 2.45) is 34.8 Å². The number of hydrogen-bond acceptors (Lipinski definition) is 7. The minimum Gasteiger partial charge on any atom is -0.508 e. The van der Waals surface area contributed by atoms with Crippen LogP contribution in [0.25, 0.3) is 0 Å². The number of primary amides is 1. The molecule has 0 bridgehead atoms. The number of amides is 6. The van der Waals surface area contributed by atoms with Gasteiger partial charge in [0, 0.05) is 11.5 Å². The Bertz CT molecular complexity index is 1710. The van der Waals surface area contributed by atoms with Crippen molar-refractivity contribution in [1.82, 2.24) is 4.90 Å². The standard InChI is InChI=1S/C29H22ClF4N3O7/c1-28-17(24(40)36(26(28)42)11-2-6-19(31)18(30)8-11)10-15-13(4-5-14-21(15)25(41)37(23(14)39)27(35)43)22(28)16-9-12(3-7-20(16)38)44-29(32,33)34/h2-4,6-9,14-15,17,21-22,38H,5,10H2,1H3,(H2,35,43)/t14-,15+,17-,21-,22+,28+/m0/s1. The van der Waals surface area contributed by atoms with Gasteiger partial charge in [-0.25, -0.2) is 14.1 Å². The summed E-state index contributed by atoms with van der Waals surface area (Å²) in [5.41, 5.74) is 3.60. The van der Waals surface area contributed by atoms with Crippen molar-refractivity contribution >= 4 is 46.9 Å². The molecule has 0 unspecified atom stereocenters. The fraction of sp³-hybridized carbons (Fsp3) is 0.345. The summed E-state index contributed by atoms with van der Waals surface area (Å²) in [6.45, 7) is 1.42. The van der Waals surface area contributed by atoms with E-state index in [9.17, 15) is 46.6 Å². The number of carbonyl (C=O) groups is 5. The van der Waals surface area contributed by atoms with Crippen LogP contribution in [0.3, 0.4) is 0 Å². The Morgan fingerprint density at radius 1 is 1.07 bits per heavy atom. The number of aromatic hydroxyl groups is 1. The van der Waals surface area contributed by atoms with Crippen LogP contribution in [0.4, 0.5) is 28.0 Å². The van der Waals surface area contributed by atoms with Gasteiger partial charge >= 0.3 is 12.4 Å². The van der Waals surface area contributed by atoms with E-state index in [0.29, 0.717) is 10.5 Å². The first kappa shape index (κ1) is 29.6. The van der Waals surface area contributed by atoms with Gasteiger partial charge in [0.05, 0.1) is 33.9 Å². The molecule has 0 radical (unpaired) electrons. The summed E-state index contributed by atoms with van der Waals surface area (Å²) in [5, 5.41) is 10.6. The van der Waals surface area contributed by atoms with Crippen LogP contribution in [0.5, 0.6) is 11.5 Å². The fourth-order valence-corrected chi connectivity index (χ4v) is 7.58. The zero-order valence-electron chi connectivity index (χ0n) is 22.6. The average molecular weight is 636 g/mol. The van der Waals surface area contributed by atoms with Crippen LogP contribution < -0.4 is 15.4 Å². The van der Waals surface area contributed by atoms with E-state index >= 15 is 0 Å². The van der Waals surface area contributed by atoms with Crippen LogP contribution >= 0.6 is 11.6 Å². The molecule has 2 aromatic carbocycles. The van der Waals surface area contributed by atoms with E-state index in [2.05, 4.69) is 4.74 Å². The Morgan fingerprint density at radius 2 is 1.77 bits per heavy atom. The predicted octanol–water partition coefficient (Wildman–Crippen LogP) is 4.39. The number of likely N-dealkylation sites (tertiary alicyclic amines) is 1. The van der Waals surface area contributed by atoms with Crippen molar-refractivity contribution in [3.8, 4) is 11.5 Å². The van der Waals surface area contributed by atoms with E-state index < -0.39 is 88.3 Å². The second kappa shape index (κ2) is 9.78. The van der Waals surface area contributed by atoms with Gasteiger partial charge in [0.15, 0.2) is 0 Å².